The molecular weight excluding hydrogens is 332 g/mol. The summed E-state index contributed by atoms with van der Waals surface area (Å²) in [6.07, 6.45) is -0.651. The van der Waals surface area contributed by atoms with Crippen LogP contribution in [0.1, 0.15) is 28.4 Å². The molecule has 2 heterocycles. The maximum absolute atomic E-state index is 14.1. The van der Waals surface area contributed by atoms with Crippen molar-refractivity contribution >= 4 is 5.91 Å². The fraction of sp³-hybridized carbons (Fsp3) is 0.278. The van der Waals surface area contributed by atoms with Gasteiger partial charge in [-0.1, -0.05) is 0 Å². The monoisotopic (exact) mass is 347 g/mol. The van der Waals surface area contributed by atoms with Gasteiger partial charge in [-0.05, 0) is 42.8 Å². The predicted octanol–water partition coefficient (Wildman–Crippen LogP) is 2.64. The second-order valence-corrected chi connectivity index (χ2v) is 6.10. The first-order chi connectivity index (χ1) is 12.0. The number of aliphatic hydroxyl groups is 1. The number of benzene rings is 2. The summed E-state index contributed by atoms with van der Waals surface area (Å²) in [7, 11) is 0. The summed E-state index contributed by atoms with van der Waals surface area (Å²) in [6, 6.07) is 7.14. The Bertz CT molecular complexity index is 842. The van der Waals surface area contributed by atoms with Gasteiger partial charge in [0.15, 0.2) is 11.5 Å². The third-order valence-corrected chi connectivity index (χ3v) is 4.48. The molecule has 0 aromatic heterocycles. The van der Waals surface area contributed by atoms with Crippen molar-refractivity contribution in [3.63, 3.8) is 0 Å². The van der Waals surface area contributed by atoms with Gasteiger partial charge in [-0.15, -0.1) is 0 Å². The molecular formula is C18H15F2NO4. The van der Waals surface area contributed by atoms with Crippen LogP contribution in [0.4, 0.5) is 8.78 Å². The van der Waals surface area contributed by atoms with Gasteiger partial charge >= 0.3 is 0 Å². The number of hydrogen-bond acceptors (Lipinski definition) is 4. The van der Waals surface area contributed by atoms with Crippen LogP contribution in [0.25, 0.3) is 0 Å². The molecule has 0 aliphatic carbocycles. The van der Waals surface area contributed by atoms with Crippen molar-refractivity contribution in [2.45, 2.75) is 18.6 Å². The average molecular weight is 347 g/mol. The minimum atomic E-state index is -0.800. The lowest BCUT2D eigenvalue weighted by Gasteiger charge is -2.25. The van der Waals surface area contributed by atoms with Gasteiger partial charge in [-0.2, -0.15) is 0 Å². The lowest BCUT2D eigenvalue weighted by Crippen LogP contribution is -2.32. The summed E-state index contributed by atoms with van der Waals surface area (Å²) in [6.45, 7) is 0.139. The molecule has 1 saturated heterocycles. The Hall–Kier alpha value is -2.67. The first-order valence-corrected chi connectivity index (χ1v) is 7.86. The lowest BCUT2D eigenvalue weighted by molar-refractivity contribution is 0.0713. The summed E-state index contributed by atoms with van der Waals surface area (Å²) in [5.41, 5.74) is 0.394. The van der Waals surface area contributed by atoms with Gasteiger partial charge in [0.25, 0.3) is 5.91 Å². The van der Waals surface area contributed by atoms with E-state index < -0.39 is 23.8 Å². The quantitative estimate of drug-likeness (QED) is 0.907. The minimum Gasteiger partial charge on any atom is -0.454 e. The van der Waals surface area contributed by atoms with Crippen LogP contribution in [0.15, 0.2) is 36.4 Å². The summed E-state index contributed by atoms with van der Waals surface area (Å²) in [5, 5.41) is 9.99. The van der Waals surface area contributed by atoms with Crippen molar-refractivity contribution < 1.29 is 28.2 Å². The Kier molecular flexibility index (Phi) is 3.80. The van der Waals surface area contributed by atoms with Gasteiger partial charge in [0.05, 0.1) is 12.1 Å². The van der Waals surface area contributed by atoms with Crippen LogP contribution in [-0.2, 0) is 0 Å². The van der Waals surface area contributed by atoms with Crippen LogP contribution in [0.3, 0.4) is 0 Å². The Morgan fingerprint density at radius 1 is 1.12 bits per heavy atom. The van der Waals surface area contributed by atoms with Crippen LogP contribution in [0.5, 0.6) is 11.5 Å². The molecule has 0 radical (unpaired) electrons. The summed E-state index contributed by atoms with van der Waals surface area (Å²) in [5.74, 6) is -0.578. The van der Waals surface area contributed by atoms with Crippen molar-refractivity contribution in [2.75, 3.05) is 13.3 Å². The predicted molar refractivity (Wildman–Crippen MR) is 83.3 cm³/mol. The molecule has 0 spiro atoms. The second-order valence-electron chi connectivity index (χ2n) is 6.10. The topological polar surface area (TPSA) is 59.0 Å². The highest BCUT2D eigenvalue weighted by Crippen LogP contribution is 2.37. The van der Waals surface area contributed by atoms with E-state index in [2.05, 4.69) is 0 Å². The molecule has 4 rings (SSSR count). The number of aliphatic hydroxyl groups excluding tert-OH is 1. The maximum atomic E-state index is 14.1. The molecule has 5 nitrogen and oxygen atoms in total. The number of rotatable bonds is 2. The molecule has 7 heteroatoms. The van der Waals surface area contributed by atoms with Crippen LogP contribution in [0.2, 0.25) is 0 Å². The van der Waals surface area contributed by atoms with E-state index in [1.165, 1.54) is 4.90 Å². The van der Waals surface area contributed by atoms with Gasteiger partial charge in [0.1, 0.15) is 11.6 Å². The van der Waals surface area contributed by atoms with Crippen molar-refractivity contribution in [1.29, 1.82) is 0 Å². The van der Waals surface area contributed by atoms with Gasteiger partial charge in [-0.3, -0.25) is 4.79 Å². The highest BCUT2D eigenvalue weighted by molar-refractivity contribution is 5.95. The third kappa shape index (κ3) is 2.80. The van der Waals surface area contributed by atoms with Gasteiger partial charge in [0.2, 0.25) is 6.79 Å². The molecule has 130 valence electrons. The molecule has 2 aliphatic heterocycles. The van der Waals surface area contributed by atoms with Gasteiger partial charge in [0, 0.05) is 17.7 Å². The van der Waals surface area contributed by atoms with Crippen molar-refractivity contribution in [1.82, 2.24) is 4.90 Å². The number of amides is 1. The van der Waals surface area contributed by atoms with Crippen molar-refractivity contribution in [3.05, 3.63) is 59.2 Å². The molecule has 2 aliphatic rings. The van der Waals surface area contributed by atoms with E-state index in [4.69, 9.17) is 9.47 Å². The third-order valence-electron chi connectivity index (χ3n) is 4.48. The standard InChI is InChI=1S/C18H15F2NO4/c19-11-2-3-14(20)13(6-11)15-7-12(22)8-21(15)18(23)10-1-4-16-17(5-10)25-9-24-16/h1-6,12,15,22H,7-9H2/t12-,15-/m1/s1. The zero-order valence-electron chi connectivity index (χ0n) is 13.1. The highest BCUT2D eigenvalue weighted by Gasteiger charge is 2.37. The van der Waals surface area contributed by atoms with Crippen LogP contribution < -0.4 is 9.47 Å². The van der Waals surface area contributed by atoms with E-state index in [-0.39, 0.29) is 31.2 Å². The van der Waals surface area contributed by atoms with E-state index in [1.807, 2.05) is 0 Å². The van der Waals surface area contributed by atoms with E-state index in [0.717, 1.165) is 18.2 Å². The van der Waals surface area contributed by atoms with E-state index in [0.29, 0.717) is 17.1 Å². The number of carbonyl (C=O) groups excluding carboxylic acids is 1. The zero-order chi connectivity index (χ0) is 17.6. The summed E-state index contributed by atoms with van der Waals surface area (Å²) in [4.78, 5) is 14.2. The fourth-order valence-corrected chi connectivity index (χ4v) is 3.30. The maximum Gasteiger partial charge on any atom is 0.254 e. The lowest BCUT2D eigenvalue weighted by atomic mass is 10.0. The Balaban J connectivity index is 1.67. The zero-order valence-corrected chi connectivity index (χ0v) is 13.1. The Morgan fingerprint density at radius 2 is 1.92 bits per heavy atom. The molecule has 25 heavy (non-hydrogen) atoms. The molecule has 0 saturated carbocycles. The van der Waals surface area contributed by atoms with Crippen LogP contribution in [0, 0.1) is 11.6 Å². The Labute approximate surface area is 142 Å². The first-order valence-electron chi connectivity index (χ1n) is 7.86. The van der Waals surface area contributed by atoms with E-state index in [9.17, 15) is 18.7 Å². The van der Waals surface area contributed by atoms with Crippen molar-refractivity contribution in [2.24, 2.45) is 0 Å². The molecule has 1 fully saturated rings. The van der Waals surface area contributed by atoms with Crippen LogP contribution >= 0.6 is 0 Å². The number of fused-ring (bicyclic) bond motifs is 1. The number of halogens is 2. The molecule has 1 N–H and O–H groups in total. The average Bonchev–Trinajstić information content (AvgIpc) is 3.22. The number of carbonyl (C=O) groups is 1. The van der Waals surface area contributed by atoms with Gasteiger partial charge < -0.3 is 19.5 Å². The number of hydrogen-bond donors (Lipinski definition) is 1. The molecule has 0 bridgehead atoms. The number of ether oxygens (including phenoxy) is 2. The molecule has 2 aromatic carbocycles. The number of nitrogens with zero attached hydrogens (tertiary/aromatic N) is 1. The summed E-state index contributed by atoms with van der Waals surface area (Å²) >= 11 is 0. The molecule has 0 unspecified atom stereocenters. The summed E-state index contributed by atoms with van der Waals surface area (Å²) < 4.78 is 38.2. The molecule has 1 amide bonds. The second kappa shape index (κ2) is 6.00. The molecule has 2 atom stereocenters. The van der Waals surface area contributed by atoms with Crippen LogP contribution in [-0.4, -0.2) is 35.4 Å². The largest absolute Gasteiger partial charge is 0.454 e. The Morgan fingerprint density at radius 3 is 2.76 bits per heavy atom. The normalized spacial score (nSPS) is 21.6. The number of β-amino-alcohol motifs (C(OH)–C–C–N with tert-alkyl or cyclic N) is 1. The van der Waals surface area contributed by atoms with E-state index in [1.54, 1.807) is 18.2 Å². The SMILES string of the molecule is O=C(c1ccc2c(c1)OCO2)N1C[C@H](O)C[C@@H]1c1cc(F)ccc1F. The molecule has 2 aromatic rings. The van der Waals surface area contributed by atoms with Crippen molar-refractivity contribution in [3.8, 4) is 11.5 Å². The van der Waals surface area contributed by atoms with Gasteiger partial charge in [-0.25, -0.2) is 8.78 Å². The van der Waals surface area contributed by atoms with E-state index >= 15 is 0 Å². The fourth-order valence-electron chi connectivity index (χ4n) is 3.30. The minimum absolute atomic E-state index is 0.0495. The first kappa shape index (κ1) is 15.8. The highest BCUT2D eigenvalue weighted by atomic mass is 19.1. The number of likely N-dealkylation sites (tertiary alicyclic amines) is 1. The smallest absolute Gasteiger partial charge is 0.254 e.